The Balaban J connectivity index is 2.02. The van der Waals surface area contributed by atoms with Crippen molar-refractivity contribution in [1.29, 1.82) is 0 Å². The van der Waals surface area contributed by atoms with Crippen molar-refractivity contribution < 1.29 is 18.0 Å². The third kappa shape index (κ3) is 3.52. The number of hydrogen-bond donors (Lipinski definition) is 0. The molecule has 0 aliphatic rings. The van der Waals surface area contributed by atoms with E-state index >= 15 is 0 Å². The maximum absolute atomic E-state index is 14.1. The molecule has 6 heteroatoms. The Morgan fingerprint density at radius 3 is 2.36 bits per heavy atom. The highest BCUT2D eigenvalue weighted by atomic mass is 19.2. The van der Waals surface area contributed by atoms with Gasteiger partial charge in [0.15, 0.2) is 17.5 Å². The van der Waals surface area contributed by atoms with E-state index in [1.54, 1.807) is 54.9 Å². The number of anilines is 1. The second-order valence-electron chi connectivity index (χ2n) is 5.31. The fraction of sp³-hybridized carbons (Fsp3) is 0.0526. The summed E-state index contributed by atoms with van der Waals surface area (Å²) in [7, 11) is 0. The molecule has 0 aliphatic heterocycles. The van der Waals surface area contributed by atoms with Crippen LogP contribution in [-0.4, -0.2) is 10.9 Å². The van der Waals surface area contributed by atoms with E-state index in [-0.39, 0.29) is 6.54 Å². The van der Waals surface area contributed by atoms with Gasteiger partial charge in [-0.1, -0.05) is 24.3 Å². The molecule has 3 rings (SSSR count). The molecular formula is C19H13F3N2O. The van der Waals surface area contributed by atoms with E-state index < -0.39 is 28.9 Å². The first-order chi connectivity index (χ1) is 12.1. The molecule has 0 spiro atoms. The van der Waals surface area contributed by atoms with Crippen molar-refractivity contribution in [2.45, 2.75) is 6.54 Å². The summed E-state index contributed by atoms with van der Waals surface area (Å²) in [5.41, 5.74) is 0.676. The largest absolute Gasteiger partial charge is 0.304 e. The average molecular weight is 342 g/mol. The molecule has 0 fully saturated rings. The first-order valence-electron chi connectivity index (χ1n) is 7.47. The number of para-hydroxylation sites is 1. The first-order valence-corrected chi connectivity index (χ1v) is 7.47. The SMILES string of the molecule is O=C(c1ccc(F)c(F)c1F)N(Cc1cccnc1)c1ccccc1. The number of amides is 1. The number of carbonyl (C=O) groups is 1. The molecule has 0 aliphatic carbocycles. The fourth-order valence-corrected chi connectivity index (χ4v) is 2.40. The lowest BCUT2D eigenvalue weighted by molar-refractivity contribution is 0.0980. The van der Waals surface area contributed by atoms with Crippen molar-refractivity contribution >= 4 is 11.6 Å². The molecule has 3 aromatic rings. The maximum Gasteiger partial charge on any atom is 0.261 e. The molecule has 0 bridgehead atoms. The van der Waals surface area contributed by atoms with E-state index in [1.807, 2.05) is 0 Å². The van der Waals surface area contributed by atoms with Crippen LogP contribution in [0.5, 0.6) is 0 Å². The summed E-state index contributed by atoms with van der Waals surface area (Å²) in [6.45, 7) is 0.106. The topological polar surface area (TPSA) is 33.2 Å². The van der Waals surface area contributed by atoms with Crippen LogP contribution in [0.1, 0.15) is 15.9 Å². The molecule has 0 unspecified atom stereocenters. The summed E-state index contributed by atoms with van der Waals surface area (Å²) < 4.78 is 40.7. The number of carbonyl (C=O) groups excluding carboxylic acids is 1. The third-order valence-electron chi connectivity index (χ3n) is 3.64. The van der Waals surface area contributed by atoms with Crippen molar-refractivity contribution in [3.63, 3.8) is 0 Å². The third-order valence-corrected chi connectivity index (χ3v) is 3.64. The summed E-state index contributed by atoms with van der Waals surface area (Å²) in [6.07, 6.45) is 3.16. The van der Waals surface area contributed by atoms with Gasteiger partial charge in [0.2, 0.25) is 0 Å². The zero-order chi connectivity index (χ0) is 17.8. The van der Waals surface area contributed by atoms with Crippen molar-refractivity contribution in [3.05, 3.63) is 95.6 Å². The van der Waals surface area contributed by atoms with Crippen LogP contribution in [0.4, 0.5) is 18.9 Å². The number of aromatic nitrogens is 1. The number of nitrogens with zero attached hydrogens (tertiary/aromatic N) is 2. The molecule has 3 nitrogen and oxygen atoms in total. The van der Waals surface area contributed by atoms with Crippen molar-refractivity contribution in [2.75, 3.05) is 4.90 Å². The van der Waals surface area contributed by atoms with Crippen molar-refractivity contribution in [2.24, 2.45) is 0 Å². The predicted molar refractivity (Wildman–Crippen MR) is 87.5 cm³/mol. The van der Waals surface area contributed by atoms with Gasteiger partial charge in [-0.2, -0.15) is 0 Å². The van der Waals surface area contributed by atoms with Crippen LogP contribution in [-0.2, 0) is 6.54 Å². The van der Waals surface area contributed by atoms with E-state index in [1.165, 1.54) is 4.90 Å². The molecule has 1 heterocycles. The predicted octanol–water partition coefficient (Wildman–Crippen LogP) is 4.35. The van der Waals surface area contributed by atoms with Gasteiger partial charge in [-0.3, -0.25) is 9.78 Å². The highest BCUT2D eigenvalue weighted by Crippen LogP contribution is 2.23. The summed E-state index contributed by atoms with van der Waals surface area (Å²) in [5.74, 6) is -5.28. The second kappa shape index (κ2) is 7.17. The molecule has 2 aromatic carbocycles. The first kappa shape index (κ1) is 16.7. The number of halogens is 3. The van der Waals surface area contributed by atoms with Gasteiger partial charge in [0.25, 0.3) is 5.91 Å². The molecular weight excluding hydrogens is 329 g/mol. The van der Waals surface area contributed by atoms with Gasteiger partial charge in [0, 0.05) is 18.1 Å². The zero-order valence-electron chi connectivity index (χ0n) is 13.0. The Morgan fingerprint density at radius 2 is 1.68 bits per heavy atom. The van der Waals surface area contributed by atoms with Crippen LogP contribution < -0.4 is 4.90 Å². The number of rotatable bonds is 4. The minimum absolute atomic E-state index is 0.106. The average Bonchev–Trinajstić information content (AvgIpc) is 2.65. The molecule has 0 N–H and O–H groups in total. The second-order valence-corrected chi connectivity index (χ2v) is 5.31. The Labute approximate surface area is 142 Å². The fourth-order valence-electron chi connectivity index (χ4n) is 2.40. The van der Waals surface area contributed by atoms with Crippen LogP contribution in [0.3, 0.4) is 0 Å². The monoisotopic (exact) mass is 342 g/mol. The highest BCUT2D eigenvalue weighted by molar-refractivity contribution is 6.06. The Morgan fingerprint density at radius 1 is 0.920 bits per heavy atom. The van der Waals surface area contributed by atoms with Crippen LogP contribution >= 0.6 is 0 Å². The molecule has 1 aromatic heterocycles. The standard InChI is InChI=1S/C19H13F3N2O/c20-16-9-8-15(17(21)18(16)22)19(25)24(14-6-2-1-3-7-14)12-13-5-4-10-23-11-13/h1-11H,12H2. The van der Waals surface area contributed by atoms with Crippen LogP contribution in [0.15, 0.2) is 67.0 Å². The summed E-state index contributed by atoms with van der Waals surface area (Å²) >= 11 is 0. The van der Waals surface area contributed by atoms with Gasteiger partial charge in [-0.05, 0) is 35.9 Å². The van der Waals surface area contributed by atoms with Gasteiger partial charge in [-0.25, -0.2) is 13.2 Å². The number of benzene rings is 2. The lowest BCUT2D eigenvalue weighted by Crippen LogP contribution is -2.31. The van der Waals surface area contributed by atoms with Gasteiger partial charge < -0.3 is 4.90 Å². The van der Waals surface area contributed by atoms with E-state index in [0.717, 1.165) is 12.1 Å². The van der Waals surface area contributed by atoms with E-state index in [4.69, 9.17) is 0 Å². The van der Waals surface area contributed by atoms with E-state index in [2.05, 4.69) is 4.98 Å². The maximum atomic E-state index is 14.1. The molecule has 0 radical (unpaired) electrons. The van der Waals surface area contributed by atoms with Gasteiger partial charge in [0.05, 0.1) is 12.1 Å². The minimum atomic E-state index is -1.67. The smallest absolute Gasteiger partial charge is 0.261 e. The quantitative estimate of drug-likeness (QED) is 0.661. The molecule has 25 heavy (non-hydrogen) atoms. The molecule has 126 valence electrons. The lowest BCUT2D eigenvalue weighted by Gasteiger charge is -2.23. The van der Waals surface area contributed by atoms with E-state index in [9.17, 15) is 18.0 Å². The van der Waals surface area contributed by atoms with Gasteiger partial charge >= 0.3 is 0 Å². The van der Waals surface area contributed by atoms with Crippen LogP contribution in [0.2, 0.25) is 0 Å². The number of pyridine rings is 1. The molecule has 0 atom stereocenters. The van der Waals surface area contributed by atoms with Crippen LogP contribution in [0, 0.1) is 17.5 Å². The summed E-state index contributed by atoms with van der Waals surface area (Å²) in [4.78, 5) is 18.1. The minimum Gasteiger partial charge on any atom is -0.304 e. The molecule has 1 amide bonds. The van der Waals surface area contributed by atoms with Crippen molar-refractivity contribution in [1.82, 2.24) is 4.98 Å². The lowest BCUT2D eigenvalue weighted by atomic mass is 10.1. The number of hydrogen-bond acceptors (Lipinski definition) is 2. The normalized spacial score (nSPS) is 10.5. The molecule has 0 saturated heterocycles. The Hall–Kier alpha value is -3.15. The zero-order valence-corrected chi connectivity index (χ0v) is 13.0. The molecule has 0 saturated carbocycles. The Bertz CT molecular complexity index is 886. The highest BCUT2D eigenvalue weighted by Gasteiger charge is 2.24. The van der Waals surface area contributed by atoms with Gasteiger partial charge in [0.1, 0.15) is 0 Å². The summed E-state index contributed by atoms with van der Waals surface area (Å²) in [5, 5.41) is 0. The Kier molecular flexibility index (Phi) is 4.79. The summed E-state index contributed by atoms with van der Waals surface area (Å²) in [6, 6.07) is 13.7. The van der Waals surface area contributed by atoms with Crippen LogP contribution in [0.25, 0.3) is 0 Å². The van der Waals surface area contributed by atoms with E-state index in [0.29, 0.717) is 11.3 Å². The van der Waals surface area contributed by atoms with Gasteiger partial charge in [-0.15, -0.1) is 0 Å². The van der Waals surface area contributed by atoms with Crippen molar-refractivity contribution in [3.8, 4) is 0 Å².